The molecule has 1 saturated heterocycles. The molecule has 2 aromatic carbocycles. The molecule has 0 amide bonds. The summed E-state index contributed by atoms with van der Waals surface area (Å²) in [6.45, 7) is 5.93. The van der Waals surface area contributed by atoms with E-state index in [9.17, 15) is 0 Å². The molecule has 0 aliphatic carbocycles. The van der Waals surface area contributed by atoms with Gasteiger partial charge in [0.2, 0.25) is 0 Å². The van der Waals surface area contributed by atoms with E-state index in [1.54, 1.807) is 7.11 Å². The molecule has 2 atom stereocenters. The average molecular weight is 365 g/mol. The van der Waals surface area contributed by atoms with Crippen LogP contribution in [0.25, 0.3) is 0 Å². The zero-order valence-corrected chi connectivity index (χ0v) is 16.0. The summed E-state index contributed by atoms with van der Waals surface area (Å²) in [4.78, 5) is 2.49. The molecule has 2 aliphatic heterocycles. The highest BCUT2D eigenvalue weighted by Gasteiger charge is 2.38. The Balaban J connectivity index is 1.60. The third kappa shape index (κ3) is 3.65. The van der Waals surface area contributed by atoms with Crippen LogP contribution in [0.5, 0.6) is 11.5 Å². The number of hydrogen-bond acceptors (Lipinski definition) is 5. The Kier molecular flexibility index (Phi) is 5.30. The molecule has 0 saturated carbocycles. The Hall–Kier alpha value is -2.53. The first-order chi connectivity index (χ1) is 13.3. The summed E-state index contributed by atoms with van der Waals surface area (Å²) in [7, 11) is 1.69. The van der Waals surface area contributed by atoms with E-state index in [0.29, 0.717) is 12.5 Å². The van der Waals surface area contributed by atoms with E-state index in [2.05, 4.69) is 40.5 Å². The predicted octanol–water partition coefficient (Wildman–Crippen LogP) is 3.62. The lowest BCUT2D eigenvalue weighted by molar-refractivity contribution is 0.233. The van der Waals surface area contributed by atoms with Crippen molar-refractivity contribution in [2.24, 2.45) is 11.0 Å². The summed E-state index contributed by atoms with van der Waals surface area (Å²) in [5.74, 6) is 1.96. The summed E-state index contributed by atoms with van der Waals surface area (Å²) in [6, 6.07) is 16.5. The van der Waals surface area contributed by atoms with Crippen molar-refractivity contribution in [2.45, 2.75) is 26.0 Å². The molecule has 142 valence electrons. The molecular weight excluding hydrogens is 338 g/mol. The number of nitrogens with one attached hydrogen (secondary N) is 1. The largest absolute Gasteiger partial charge is 0.493 e. The molecule has 0 radical (unpaired) electrons. The first-order valence-corrected chi connectivity index (χ1v) is 9.68. The number of piperidine rings is 1. The van der Waals surface area contributed by atoms with Crippen molar-refractivity contribution in [3.8, 4) is 11.5 Å². The van der Waals surface area contributed by atoms with Gasteiger partial charge in [-0.15, -0.1) is 0 Å². The number of rotatable bonds is 6. The maximum atomic E-state index is 6.26. The molecule has 1 N–H and O–H groups in total. The first kappa shape index (κ1) is 17.9. The van der Waals surface area contributed by atoms with Crippen molar-refractivity contribution < 1.29 is 9.47 Å². The lowest BCUT2D eigenvalue weighted by Crippen LogP contribution is -2.41. The number of nitrogens with zero attached hydrogens (tertiary/aromatic N) is 2. The predicted molar refractivity (Wildman–Crippen MR) is 107 cm³/mol. The summed E-state index contributed by atoms with van der Waals surface area (Å²) < 4.78 is 11.9. The molecule has 5 heteroatoms. The molecule has 0 bridgehead atoms. The molecule has 1 fully saturated rings. The normalized spacial score (nSPS) is 21.9. The van der Waals surface area contributed by atoms with Crippen molar-refractivity contribution in [1.82, 2.24) is 10.3 Å². The molecule has 0 spiro atoms. The third-order valence-electron chi connectivity index (χ3n) is 5.55. The maximum absolute atomic E-state index is 6.26. The van der Waals surface area contributed by atoms with Gasteiger partial charge in [0, 0.05) is 36.7 Å². The van der Waals surface area contributed by atoms with Crippen LogP contribution >= 0.6 is 0 Å². The third-order valence-corrected chi connectivity index (χ3v) is 5.55. The number of hydrogen-bond donors (Lipinski definition) is 1. The fourth-order valence-corrected chi connectivity index (χ4v) is 4.01. The quantitative estimate of drug-likeness (QED) is 0.849. The Bertz CT molecular complexity index is 806. The van der Waals surface area contributed by atoms with Crippen LogP contribution < -0.4 is 14.9 Å². The van der Waals surface area contributed by atoms with E-state index in [4.69, 9.17) is 9.47 Å². The van der Waals surface area contributed by atoms with E-state index in [1.165, 1.54) is 5.71 Å². The van der Waals surface area contributed by atoms with Gasteiger partial charge in [0.15, 0.2) is 11.5 Å². The van der Waals surface area contributed by atoms with Crippen molar-refractivity contribution in [2.75, 3.05) is 26.7 Å². The standard InChI is InChI=1S/C22H27N3O2/c1-3-25-13-12-19-18(14-25)21(24-23-19)17-10-7-11-20(26-2)22(17)27-15-16-8-5-4-6-9-16/h4-11,18,21,24H,3,12-15H2,1-2H3. The van der Waals surface area contributed by atoms with Crippen LogP contribution in [-0.4, -0.2) is 37.4 Å². The Morgan fingerprint density at radius 1 is 1.15 bits per heavy atom. The van der Waals surface area contributed by atoms with Crippen LogP contribution in [0, 0.1) is 5.92 Å². The van der Waals surface area contributed by atoms with Crippen LogP contribution in [-0.2, 0) is 6.61 Å². The fraction of sp³-hybridized carbons (Fsp3) is 0.409. The second kappa shape index (κ2) is 8.01. The van der Waals surface area contributed by atoms with E-state index in [-0.39, 0.29) is 6.04 Å². The van der Waals surface area contributed by atoms with Gasteiger partial charge < -0.3 is 19.8 Å². The van der Waals surface area contributed by atoms with Gasteiger partial charge in [0.25, 0.3) is 0 Å². The lowest BCUT2D eigenvalue weighted by atomic mass is 9.86. The Morgan fingerprint density at radius 3 is 2.78 bits per heavy atom. The van der Waals surface area contributed by atoms with Gasteiger partial charge in [-0.3, -0.25) is 0 Å². The zero-order chi connectivity index (χ0) is 18.6. The summed E-state index contributed by atoms with van der Waals surface area (Å²) in [5, 5.41) is 4.64. The van der Waals surface area contributed by atoms with Crippen LogP contribution in [0.15, 0.2) is 53.6 Å². The fourth-order valence-electron chi connectivity index (χ4n) is 4.01. The number of fused-ring (bicyclic) bond motifs is 1. The van der Waals surface area contributed by atoms with Crippen LogP contribution in [0.4, 0.5) is 0 Å². The molecule has 2 aromatic rings. The Labute approximate surface area is 161 Å². The van der Waals surface area contributed by atoms with Crippen LogP contribution in [0.1, 0.15) is 30.5 Å². The summed E-state index contributed by atoms with van der Waals surface area (Å²) >= 11 is 0. The number of hydrazone groups is 1. The first-order valence-electron chi connectivity index (χ1n) is 9.68. The van der Waals surface area contributed by atoms with Gasteiger partial charge in [0.1, 0.15) is 6.61 Å². The minimum Gasteiger partial charge on any atom is -0.493 e. The van der Waals surface area contributed by atoms with E-state index in [0.717, 1.165) is 48.7 Å². The monoisotopic (exact) mass is 365 g/mol. The number of benzene rings is 2. The van der Waals surface area contributed by atoms with Crippen molar-refractivity contribution in [3.05, 3.63) is 59.7 Å². The molecule has 0 aromatic heterocycles. The molecule has 2 heterocycles. The van der Waals surface area contributed by atoms with Crippen molar-refractivity contribution in [1.29, 1.82) is 0 Å². The number of likely N-dealkylation sites (tertiary alicyclic amines) is 1. The number of ether oxygens (including phenoxy) is 2. The SMILES string of the molecule is CCN1CCC2=NNC(c3cccc(OC)c3OCc3ccccc3)C2C1. The number of methoxy groups -OCH3 is 1. The summed E-state index contributed by atoms with van der Waals surface area (Å²) in [6.07, 6.45) is 1.03. The second-order valence-electron chi connectivity index (χ2n) is 7.11. The highest BCUT2D eigenvalue weighted by Crippen LogP contribution is 2.41. The molecule has 27 heavy (non-hydrogen) atoms. The maximum Gasteiger partial charge on any atom is 0.167 e. The molecule has 2 unspecified atom stereocenters. The van der Waals surface area contributed by atoms with Crippen LogP contribution in [0.3, 0.4) is 0 Å². The van der Waals surface area contributed by atoms with Gasteiger partial charge in [-0.05, 0) is 18.2 Å². The smallest absolute Gasteiger partial charge is 0.167 e. The molecule has 4 rings (SSSR count). The Morgan fingerprint density at radius 2 is 2.00 bits per heavy atom. The lowest BCUT2D eigenvalue weighted by Gasteiger charge is -2.33. The second-order valence-corrected chi connectivity index (χ2v) is 7.11. The van der Waals surface area contributed by atoms with Gasteiger partial charge in [-0.2, -0.15) is 5.10 Å². The van der Waals surface area contributed by atoms with E-state index in [1.807, 2.05) is 30.3 Å². The van der Waals surface area contributed by atoms with Gasteiger partial charge in [-0.1, -0.05) is 49.4 Å². The molecular formula is C22H27N3O2. The van der Waals surface area contributed by atoms with Gasteiger partial charge in [0.05, 0.1) is 13.2 Å². The number of para-hydroxylation sites is 1. The van der Waals surface area contributed by atoms with Gasteiger partial charge in [-0.25, -0.2) is 0 Å². The minimum atomic E-state index is 0.121. The van der Waals surface area contributed by atoms with Crippen molar-refractivity contribution in [3.63, 3.8) is 0 Å². The highest BCUT2D eigenvalue weighted by molar-refractivity contribution is 5.90. The van der Waals surface area contributed by atoms with Gasteiger partial charge >= 0.3 is 0 Å². The van der Waals surface area contributed by atoms with Crippen molar-refractivity contribution >= 4 is 5.71 Å². The van der Waals surface area contributed by atoms with Crippen LogP contribution in [0.2, 0.25) is 0 Å². The zero-order valence-electron chi connectivity index (χ0n) is 16.0. The summed E-state index contributed by atoms with van der Waals surface area (Å²) in [5.41, 5.74) is 6.91. The van der Waals surface area contributed by atoms with E-state index < -0.39 is 0 Å². The molecule has 2 aliphatic rings. The highest BCUT2D eigenvalue weighted by atomic mass is 16.5. The van der Waals surface area contributed by atoms with E-state index >= 15 is 0 Å². The average Bonchev–Trinajstić information content (AvgIpc) is 3.15. The molecule has 5 nitrogen and oxygen atoms in total. The topological polar surface area (TPSA) is 46.1 Å². The minimum absolute atomic E-state index is 0.121.